The Labute approximate surface area is 149 Å². The Balaban J connectivity index is 2.05. The second kappa shape index (κ2) is 7.49. The predicted molar refractivity (Wildman–Crippen MR) is 95.3 cm³/mol. The molecule has 2 aromatic rings. The van der Waals surface area contributed by atoms with Gasteiger partial charge in [-0.1, -0.05) is 15.9 Å². The van der Waals surface area contributed by atoms with Crippen molar-refractivity contribution in [1.29, 1.82) is 0 Å². The number of rotatable bonds is 5. The van der Waals surface area contributed by atoms with Gasteiger partial charge in [0.05, 0.1) is 12.7 Å². The van der Waals surface area contributed by atoms with Crippen molar-refractivity contribution in [3.63, 3.8) is 0 Å². The molecule has 0 spiro atoms. The Hall–Kier alpha value is -2.34. The molecule has 0 heterocycles. The summed E-state index contributed by atoms with van der Waals surface area (Å²) in [5.41, 5.74) is 0.0164. The van der Waals surface area contributed by atoms with E-state index in [1.54, 1.807) is 50.2 Å². The first kappa shape index (κ1) is 18.0. The lowest BCUT2D eigenvalue weighted by atomic mass is 10.1. The molecule has 1 N–H and O–H groups in total. The summed E-state index contributed by atoms with van der Waals surface area (Å²) in [5.74, 6) is -0.214. The molecule has 2 rings (SSSR count). The van der Waals surface area contributed by atoms with E-state index in [9.17, 15) is 9.59 Å². The third-order valence-corrected chi connectivity index (χ3v) is 3.83. The summed E-state index contributed by atoms with van der Waals surface area (Å²) in [6, 6.07) is 13.7. The second-order valence-electron chi connectivity index (χ2n) is 5.59. The summed E-state index contributed by atoms with van der Waals surface area (Å²) in [4.78, 5) is 23.8. The third-order valence-electron chi connectivity index (χ3n) is 3.30. The van der Waals surface area contributed by atoms with E-state index >= 15 is 0 Å². The van der Waals surface area contributed by atoms with Crippen molar-refractivity contribution >= 4 is 33.5 Å². The molecule has 0 bridgehead atoms. The molecule has 126 valence electrons. The summed E-state index contributed by atoms with van der Waals surface area (Å²) in [7, 11) is 1.32. The Bertz CT molecular complexity index is 724. The van der Waals surface area contributed by atoms with E-state index in [0.29, 0.717) is 17.0 Å². The molecule has 24 heavy (non-hydrogen) atoms. The van der Waals surface area contributed by atoms with Crippen LogP contribution in [0.15, 0.2) is 53.0 Å². The zero-order chi connectivity index (χ0) is 17.7. The average molecular weight is 392 g/mol. The molecule has 0 radical (unpaired) electrons. The van der Waals surface area contributed by atoms with Crippen LogP contribution in [0.25, 0.3) is 0 Å². The maximum Gasteiger partial charge on any atom is 0.337 e. The molecule has 1 amide bonds. The highest BCUT2D eigenvalue weighted by Crippen LogP contribution is 2.22. The number of benzene rings is 2. The van der Waals surface area contributed by atoms with Gasteiger partial charge in [-0.25, -0.2) is 4.79 Å². The van der Waals surface area contributed by atoms with Gasteiger partial charge >= 0.3 is 5.97 Å². The topological polar surface area (TPSA) is 64.6 Å². The first-order chi connectivity index (χ1) is 11.3. The van der Waals surface area contributed by atoms with Gasteiger partial charge in [0.2, 0.25) is 0 Å². The number of nitrogens with one attached hydrogen (secondary N) is 1. The summed E-state index contributed by atoms with van der Waals surface area (Å²) < 4.78 is 11.3. The Kier molecular flexibility index (Phi) is 5.62. The van der Waals surface area contributed by atoms with E-state index in [2.05, 4.69) is 26.0 Å². The molecule has 0 aliphatic heterocycles. The van der Waals surface area contributed by atoms with Gasteiger partial charge in [0.15, 0.2) is 5.60 Å². The van der Waals surface area contributed by atoms with E-state index in [-0.39, 0.29) is 5.91 Å². The minimum absolute atomic E-state index is 0.276. The normalized spacial score (nSPS) is 10.8. The van der Waals surface area contributed by atoms with Crippen LogP contribution >= 0.6 is 15.9 Å². The first-order valence-electron chi connectivity index (χ1n) is 7.26. The molecule has 6 heteroatoms. The highest BCUT2D eigenvalue weighted by atomic mass is 79.9. The van der Waals surface area contributed by atoms with E-state index in [1.807, 2.05) is 12.1 Å². The van der Waals surface area contributed by atoms with Crippen LogP contribution in [0, 0.1) is 0 Å². The van der Waals surface area contributed by atoms with Gasteiger partial charge in [-0.3, -0.25) is 4.79 Å². The van der Waals surface area contributed by atoms with Gasteiger partial charge in [0.25, 0.3) is 5.91 Å². The van der Waals surface area contributed by atoms with Crippen molar-refractivity contribution in [3.8, 4) is 5.75 Å². The van der Waals surface area contributed by atoms with Gasteiger partial charge in [0, 0.05) is 10.2 Å². The third kappa shape index (κ3) is 4.58. The van der Waals surface area contributed by atoms with E-state index < -0.39 is 11.6 Å². The standard InChI is InChI=1S/C18H18BrNO4/c1-18(2,17(22)20-14-8-6-13(19)7-9-14)24-15-10-4-12(5-11-15)16(21)23-3/h4-11H,1-3H3,(H,20,22). The van der Waals surface area contributed by atoms with Crippen LogP contribution in [0.1, 0.15) is 24.2 Å². The number of hydrogen-bond donors (Lipinski definition) is 1. The molecule has 5 nitrogen and oxygen atoms in total. The number of halogens is 1. The number of esters is 1. The number of hydrogen-bond acceptors (Lipinski definition) is 4. The molecule has 2 aromatic carbocycles. The highest BCUT2D eigenvalue weighted by molar-refractivity contribution is 9.10. The van der Waals surface area contributed by atoms with Crippen molar-refractivity contribution in [2.45, 2.75) is 19.4 Å². The fraction of sp³-hybridized carbons (Fsp3) is 0.222. The van der Waals surface area contributed by atoms with Crippen molar-refractivity contribution in [1.82, 2.24) is 0 Å². The lowest BCUT2D eigenvalue weighted by molar-refractivity contribution is -0.128. The summed E-state index contributed by atoms with van der Waals surface area (Å²) in [5, 5.41) is 2.81. The van der Waals surface area contributed by atoms with Gasteiger partial charge in [-0.05, 0) is 62.4 Å². The predicted octanol–water partition coefficient (Wildman–Crippen LogP) is 4.03. The highest BCUT2D eigenvalue weighted by Gasteiger charge is 2.30. The lowest BCUT2D eigenvalue weighted by Crippen LogP contribution is -2.42. The quantitative estimate of drug-likeness (QED) is 0.781. The number of carbonyl (C=O) groups excluding carboxylic acids is 2. The fourth-order valence-corrected chi connectivity index (χ4v) is 2.20. The number of anilines is 1. The minimum Gasteiger partial charge on any atom is -0.478 e. The van der Waals surface area contributed by atoms with Crippen molar-refractivity contribution in [2.75, 3.05) is 12.4 Å². The second-order valence-corrected chi connectivity index (χ2v) is 6.51. The lowest BCUT2D eigenvalue weighted by Gasteiger charge is -2.25. The Morgan fingerprint density at radius 2 is 1.58 bits per heavy atom. The fourth-order valence-electron chi connectivity index (χ4n) is 1.93. The maximum atomic E-state index is 12.4. The zero-order valence-electron chi connectivity index (χ0n) is 13.6. The van der Waals surface area contributed by atoms with Crippen LogP contribution in [0.5, 0.6) is 5.75 Å². The monoisotopic (exact) mass is 391 g/mol. The molecule has 0 aliphatic carbocycles. The van der Waals surface area contributed by atoms with Crippen LogP contribution in [0.3, 0.4) is 0 Å². The minimum atomic E-state index is -1.08. The van der Waals surface area contributed by atoms with Crippen LogP contribution in [-0.2, 0) is 9.53 Å². The molecule has 0 aliphatic rings. The van der Waals surface area contributed by atoms with Gasteiger partial charge < -0.3 is 14.8 Å². The van der Waals surface area contributed by atoms with E-state index in [0.717, 1.165) is 4.47 Å². The average Bonchev–Trinajstić information content (AvgIpc) is 2.56. The van der Waals surface area contributed by atoms with Crippen LogP contribution in [0.4, 0.5) is 5.69 Å². The zero-order valence-corrected chi connectivity index (χ0v) is 15.2. The van der Waals surface area contributed by atoms with Gasteiger partial charge in [-0.15, -0.1) is 0 Å². The number of methoxy groups -OCH3 is 1. The Morgan fingerprint density at radius 3 is 2.12 bits per heavy atom. The Morgan fingerprint density at radius 1 is 1.00 bits per heavy atom. The smallest absolute Gasteiger partial charge is 0.337 e. The summed E-state index contributed by atoms with van der Waals surface area (Å²) in [6.45, 7) is 3.35. The van der Waals surface area contributed by atoms with Gasteiger partial charge in [-0.2, -0.15) is 0 Å². The largest absolute Gasteiger partial charge is 0.478 e. The van der Waals surface area contributed by atoms with Crippen LogP contribution < -0.4 is 10.1 Å². The number of ether oxygens (including phenoxy) is 2. The molecular weight excluding hydrogens is 374 g/mol. The maximum absolute atomic E-state index is 12.4. The van der Waals surface area contributed by atoms with E-state index in [4.69, 9.17) is 4.74 Å². The van der Waals surface area contributed by atoms with Crippen molar-refractivity contribution in [2.24, 2.45) is 0 Å². The molecule has 0 unspecified atom stereocenters. The van der Waals surface area contributed by atoms with Crippen LogP contribution in [-0.4, -0.2) is 24.6 Å². The summed E-state index contributed by atoms with van der Waals surface area (Å²) >= 11 is 3.35. The molecule has 0 aromatic heterocycles. The van der Waals surface area contributed by atoms with E-state index in [1.165, 1.54) is 7.11 Å². The molecule has 0 fully saturated rings. The van der Waals surface area contributed by atoms with Crippen molar-refractivity contribution in [3.05, 3.63) is 58.6 Å². The van der Waals surface area contributed by atoms with Crippen molar-refractivity contribution < 1.29 is 19.1 Å². The molecule has 0 saturated carbocycles. The molecule has 0 atom stereocenters. The van der Waals surface area contributed by atoms with Crippen LogP contribution in [0.2, 0.25) is 0 Å². The van der Waals surface area contributed by atoms with Gasteiger partial charge in [0.1, 0.15) is 5.75 Å². The first-order valence-corrected chi connectivity index (χ1v) is 8.05. The number of carbonyl (C=O) groups is 2. The molecular formula is C18H18BrNO4. The number of amides is 1. The SMILES string of the molecule is COC(=O)c1ccc(OC(C)(C)C(=O)Nc2ccc(Br)cc2)cc1. The summed E-state index contributed by atoms with van der Waals surface area (Å²) in [6.07, 6.45) is 0. The molecule has 0 saturated heterocycles.